The van der Waals surface area contributed by atoms with Crippen molar-refractivity contribution >= 4 is 0 Å². The van der Waals surface area contributed by atoms with Gasteiger partial charge in [0.15, 0.2) is 0 Å². The van der Waals surface area contributed by atoms with Gasteiger partial charge in [-0.15, -0.1) is 0 Å². The summed E-state index contributed by atoms with van der Waals surface area (Å²) >= 11 is 0. The third-order valence-corrected chi connectivity index (χ3v) is 5.29. The molecule has 1 saturated carbocycles. The Morgan fingerprint density at radius 2 is 1.95 bits per heavy atom. The first-order valence-corrected chi connectivity index (χ1v) is 8.38. The van der Waals surface area contributed by atoms with Gasteiger partial charge in [0.05, 0.1) is 0 Å². The van der Waals surface area contributed by atoms with Gasteiger partial charge in [-0.05, 0) is 62.4 Å². The van der Waals surface area contributed by atoms with E-state index in [0.717, 1.165) is 6.04 Å². The van der Waals surface area contributed by atoms with E-state index in [-0.39, 0.29) is 0 Å². The summed E-state index contributed by atoms with van der Waals surface area (Å²) < 4.78 is 0. The van der Waals surface area contributed by atoms with Gasteiger partial charge >= 0.3 is 0 Å². The number of hydrogen-bond donors (Lipinski definition) is 1. The van der Waals surface area contributed by atoms with E-state index in [1.807, 2.05) is 0 Å². The molecule has 2 nitrogen and oxygen atoms in total. The van der Waals surface area contributed by atoms with Gasteiger partial charge in [-0.1, -0.05) is 27.7 Å². The van der Waals surface area contributed by atoms with Crippen LogP contribution in [0.1, 0.15) is 66.2 Å². The van der Waals surface area contributed by atoms with Crippen molar-refractivity contribution in [2.45, 2.75) is 72.3 Å². The second-order valence-electron chi connectivity index (χ2n) is 8.11. The minimum absolute atomic E-state index is 0.455. The minimum atomic E-state index is 0.455. The SMILES string of the molecule is CCC(C)(CNC1CC1)CN1CCCC(C)(C)CC1. The fourth-order valence-corrected chi connectivity index (χ4v) is 3.15. The van der Waals surface area contributed by atoms with Crippen LogP contribution in [0, 0.1) is 10.8 Å². The molecule has 2 fully saturated rings. The molecule has 1 N–H and O–H groups in total. The normalized spacial score (nSPS) is 27.8. The Bertz CT molecular complexity index is 283. The van der Waals surface area contributed by atoms with E-state index in [2.05, 4.69) is 37.9 Å². The lowest BCUT2D eigenvalue weighted by Crippen LogP contribution is -2.43. The zero-order valence-corrected chi connectivity index (χ0v) is 13.6. The van der Waals surface area contributed by atoms with Gasteiger partial charge in [-0.25, -0.2) is 0 Å². The molecule has 1 heterocycles. The predicted molar refractivity (Wildman–Crippen MR) is 83.5 cm³/mol. The molecule has 1 atom stereocenters. The van der Waals surface area contributed by atoms with Crippen LogP contribution in [0.5, 0.6) is 0 Å². The Morgan fingerprint density at radius 1 is 1.21 bits per heavy atom. The third-order valence-electron chi connectivity index (χ3n) is 5.29. The maximum Gasteiger partial charge on any atom is 0.00684 e. The third kappa shape index (κ3) is 5.07. The molecule has 2 heteroatoms. The zero-order valence-electron chi connectivity index (χ0n) is 13.6. The topological polar surface area (TPSA) is 15.3 Å². The first kappa shape index (κ1) is 15.3. The Kier molecular flexibility index (Phi) is 4.94. The summed E-state index contributed by atoms with van der Waals surface area (Å²) in [6.45, 7) is 14.8. The monoisotopic (exact) mass is 266 g/mol. The van der Waals surface area contributed by atoms with Crippen molar-refractivity contribution in [2.24, 2.45) is 10.8 Å². The number of likely N-dealkylation sites (tertiary alicyclic amines) is 1. The molecular formula is C17H34N2. The van der Waals surface area contributed by atoms with Crippen LogP contribution in [-0.4, -0.2) is 37.1 Å². The molecule has 0 aromatic carbocycles. The van der Waals surface area contributed by atoms with Gasteiger partial charge in [0, 0.05) is 19.1 Å². The number of nitrogens with one attached hydrogen (secondary N) is 1. The molecule has 0 radical (unpaired) electrons. The van der Waals surface area contributed by atoms with Gasteiger partial charge in [-0.3, -0.25) is 0 Å². The molecule has 1 aliphatic heterocycles. The van der Waals surface area contributed by atoms with Crippen LogP contribution in [0.3, 0.4) is 0 Å². The lowest BCUT2D eigenvalue weighted by Gasteiger charge is -2.35. The Morgan fingerprint density at radius 3 is 2.58 bits per heavy atom. The quantitative estimate of drug-likeness (QED) is 0.789. The second kappa shape index (κ2) is 6.13. The first-order chi connectivity index (χ1) is 8.92. The molecule has 0 aromatic rings. The zero-order chi connectivity index (χ0) is 13.9. The van der Waals surface area contributed by atoms with Crippen molar-refractivity contribution in [1.82, 2.24) is 10.2 Å². The van der Waals surface area contributed by atoms with Crippen molar-refractivity contribution in [2.75, 3.05) is 26.2 Å². The molecule has 19 heavy (non-hydrogen) atoms. The molecule has 0 spiro atoms. The van der Waals surface area contributed by atoms with Crippen LogP contribution in [-0.2, 0) is 0 Å². The number of nitrogens with zero attached hydrogens (tertiary/aromatic N) is 1. The van der Waals surface area contributed by atoms with Gasteiger partial charge in [0.1, 0.15) is 0 Å². The van der Waals surface area contributed by atoms with Crippen molar-refractivity contribution in [1.29, 1.82) is 0 Å². The van der Waals surface area contributed by atoms with Crippen molar-refractivity contribution < 1.29 is 0 Å². The summed E-state index contributed by atoms with van der Waals surface area (Å²) in [6.07, 6.45) is 8.22. The summed E-state index contributed by atoms with van der Waals surface area (Å²) in [7, 11) is 0. The minimum Gasteiger partial charge on any atom is -0.313 e. The van der Waals surface area contributed by atoms with Crippen LogP contribution < -0.4 is 5.32 Å². The summed E-state index contributed by atoms with van der Waals surface area (Å²) in [4.78, 5) is 2.73. The molecular weight excluding hydrogens is 232 g/mol. The predicted octanol–water partition coefficient (Wildman–Crippen LogP) is 3.67. The lowest BCUT2D eigenvalue weighted by atomic mass is 9.85. The summed E-state index contributed by atoms with van der Waals surface area (Å²) in [5.41, 5.74) is 1.01. The fraction of sp³-hybridized carbons (Fsp3) is 1.00. The molecule has 1 unspecified atom stereocenters. The molecule has 2 rings (SSSR count). The van der Waals surface area contributed by atoms with Gasteiger partial charge < -0.3 is 10.2 Å². The molecule has 1 saturated heterocycles. The number of hydrogen-bond acceptors (Lipinski definition) is 2. The molecule has 1 aliphatic carbocycles. The van der Waals surface area contributed by atoms with E-state index in [9.17, 15) is 0 Å². The summed E-state index contributed by atoms with van der Waals surface area (Å²) in [5, 5.41) is 3.74. The Balaban J connectivity index is 1.82. The average Bonchev–Trinajstić information content (AvgIpc) is 3.17. The maximum atomic E-state index is 3.74. The second-order valence-corrected chi connectivity index (χ2v) is 8.11. The highest BCUT2D eigenvalue weighted by molar-refractivity contribution is 4.87. The Hall–Kier alpha value is -0.0800. The van der Waals surface area contributed by atoms with Crippen LogP contribution in [0.4, 0.5) is 0 Å². The van der Waals surface area contributed by atoms with Crippen molar-refractivity contribution in [3.05, 3.63) is 0 Å². The van der Waals surface area contributed by atoms with E-state index >= 15 is 0 Å². The van der Waals surface area contributed by atoms with Crippen LogP contribution in [0.2, 0.25) is 0 Å². The highest BCUT2D eigenvalue weighted by atomic mass is 15.1. The van der Waals surface area contributed by atoms with E-state index in [1.54, 1.807) is 0 Å². The molecule has 0 bridgehead atoms. The largest absolute Gasteiger partial charge is 0.313 e. The molecule has 0 aromatic heterocycles. The highest BCUT2D eigenvalue weighted by Gasteiger charge is 2.31. The van der Waals surface area contributed by atoms with Crippen LogP contribution >= 0.6 is 0 Å². The van der Waals surface area contributed by atoms with E-state index in [1.165, 1.54) is 64.7 Å². The van der Waals surface area contributed by atoms with Gasteiger partial charge in [-0.2, -0.15) is 0 Å². The van der Waals surface area contributed by atoms with Crippen LogP contribution in [0.25, 0.3) is 0 Å². The van der Waals surface area contributed by atoms with E-state index in [4.69, 9.17) is 0 Å². The van der Waals surface area contributed by atoms with Crippen LogP contribution in [0.15, 0.2) is 0 Å². The molecule has 0 amide bonds. The fourth-order valence-electron chi connectivity index (χ4n) is 3.15. The molecule has 112 valence electrons. The van der Waals surface area contributed by atoms with Crippen molar-refractivity contribution in [3.63, 3.8) is 0 Å². The van der Waals surface area contributed by atoms with Gasteiger partial charge in [0.2, 0.25) is 0 Å². The summed E-state index contributed by atoms with van der Waals surface area (Å²) in [6, 6.07) is 0.842. The smallest absolute Gasteiger partial charge is 0.00684 e. The lowest BCUT2D eigenvalue weighted by molar-refractivity contribution is 0.154. The van der Waals surface area contributed by atoms with E-state index in [0.29, 0.717) is 10.8 Å². The number of rotatable bonds is 6. The molecule has 2 aliphatic rings. The maximum absolute atomic E-state index is 3.74. The summed E-state index contributed by atoms with van der Waals surface area (Å²) in [5.74, 6) is 0. The highest BCUT2D eigenvalue weighted by Crippen LogP contribution is 2.32. The van der Waals surface area contributed by atoms with E-state index < -0.39 is 0 Å². The van der Waals surface area contributed by atoms with Gasteiger partial charge in [0.25, 0.3) is 0 Å². The first-order valence-electron chi connectivity index (χ1n) is 8.38. The standard InChI is InChI=1S/C17H34N2/c1-5-17(4,13-18-15-7-8-15)14-19-11-6-9-16(2,3)10-12-19/h15,18H,5-14H2,1-4H3. The average molecular weight is 266 g/mol. The Labute approximate surface area is 120 Å². The van der Waals surface area contributed by atoms with Crippen molar-refractivity contribution in [3.8, 4) is 0 Å².